The summed E-state index contributed by atoms with van der Waals surface area (Å²) in [6, 6.07) is 6.34. The van der Waals surface area contributed by atoms with Crippen molar-refractivity contribution < 1.29 is 0 Å². The van der Waals surface area contributed by atoms with Gasteiger partial charge in [-0.05, 0) is 31.9 Å². The Balaban J connectivity index is 1.77. The zero-order valence-corrected chi connectivity index (χ0v) is 12.0. The maximum atomic E-state index is 12.0. The minimum absolute atomic E-state index is 0.0692. The average Bonchev–Trinajstić information content (AvgIpc) is 2.93. The second kappa shape index (κ2) is 5.65. The predicted molar refractivity (Wildman–Crippen MR) is 78.9 cm³/mol. The fraction of sp³-hybridized carbons (Fsp3) is 0.500. The zero-order valence-electron chi connectivity index (χ0n) is 12.0. The van der Waals surface area contributed by atoms with Crippen LogP contribution in [0.15, 0.2) is 35.4 Å². The Morgan fingerprint density at radius 1 is 1.20 bits per heavy atom. The summed E-state index contributed by atoms with van der Waals surface area (Å²) in [6.45, 7) is 2.40. The van der Waals surface area contributed by atoms with Crippen molar-refractivity contribution in [3.63, 3.8) is 0 Å². The molecule has 0 bridgehead atoms. The van der Waals surface area contributed by atoms with Gasteiger partial charge in [0.2, 0.25) is 0 Å². The fourth-order valence-electron chi connectivity index (χ4n) is 2.97. The van der Waals surface area contributed by atoms with Crippen LogP contribution in [0.4, 0.5) is 0 Å². The third kappa shape index (κ3) is 2.69. The molecule has 0 N–H and O–H groups in total. The number of nitrogens with zero attached hydrogens (tertiary/aromatic N) is 3. The lowest BCUT2D eigenvalue weighted by atomic mass is 9.96. The smallest absolute Gasteiger partial charge is 0.253 e. The van der Waals surface area contributed by atoms with Crippen molar-refractivity contribution >= 4 is 0 Å². The molecule has 0 aromatic carbocycles. The van der Waals surface area contributed by atoms with Gasteiger partial charge in [-0.15, -0.1) is 0 Å². The normalized spacial score (nSPS) is 16.4. The summed E-state index contributed by atoms with van der Waals surface area (Å²) in [4.78, 5) is 12.0. The topological polar surface area (TPSA) is 39.8 Å². The van der Waals surface area contributed by atoms with Gasteiger partial charge in [-0.2, -0.15) is 5.10 Å². The Hall–Kier alpha value is -1.84. The molecule has 4 heteroatoms. The highest BCUT2D eigenvalue weighted by Gasteiger charge is 2.16. The molecule has 0 atom stereocenters. The van der Waals surface area contributed by atoms with Crippen LogP contribution in [0.25, 0.3) is 0 Å². The molecule has 0 aliphatic heterocycles. The van der Waals surface area contributed by atoms with Crippen LogP contribution < -0.4 is 5.56 Å². The summed E-state index contributed by atoms with van der Waals surface area (Å²) >= 11 is 0. The number of rotatable bonds is 3. The molecule has 0 spiro atoms. The van der Waals surface area contributed by atoms with Gasteiger partial charge < -0.3 is 4.57 Å². The highest BCUT2D eigenvalue weighted by Crippen LogP contribution is 2.27. The standard InChI is InChI=1S/C16H21N3O/c1-13-6-5-10-18(16(13)20)12-14-9-11-19(17-14)15-7-3-2-4-8-15/h5-6,9-11,15H,2-4,7-8,12H2,1H3. The van der Waals surface area contributed by atoms with E-state index in [-0.39, 0.29) is 5.56 Å². The molecule has 106 valence electrons. The molecule has 0 unspecified atom stereocenters. The van der Waals surface area contributed by atoms with Crippen LogP contribution in [-0.2, 0) is 6.54 Å². The third-order valence-corrected chi connectivity index (χ3v) is 4.16. The first kappa shape index (κ1) is 13.2. The van der Waals surface area contributed by atoms with E-state index in [1.165, 1.54) is 32.1 Å². The molecule has 2 aromatic rings. The molecule has 1 aliphatic rings. The summed E-state index contributed by atoms with van der Waals surface area (Å²) in [5, 5.41) is 4.66. The second-order valence-electron chi connectivity index (χ2n) is 5.70. The van der Waals surface area contributed by atoms with Gasteiger partial charge in [-0.1, -0.05) is 25.3 Å². The van der Waals surface area contributed by atoms with Gasteiger partial charge in [0.1, 0.15) is 0 Å². The van der Waals surface area contributed by atoms with Crippen LogP contribution in [-0.4, -0.2) is 14.3 Å². The van der Waals surface area contributed by atoms with E-state index >= 15 is 0 Å². The summed E-state index contributed by atoms with van der Waals surface area (Å²) < 4.78 is 3.82. The summed E-state index contributed by atoms with van der Waals surface area (Å²) in [5.74, 6) is 0. The molecule has 4 nitrogen and oxygen atoms in total. The highest BCUT2D eigenvalue weighted by molar-refractivity contribution is 5.10. The lowest BCUT2D eigenvalue weighted by Crippen LogP contribution is -2.22. The maximum Gasteiger partial charge on any atom is 0.253 e. The summed E-state index contributed by atoms with van der Waals surface area (Å²) in [6.07, 6.45) is 10.3. The van der Waals surface area contributed by atoms with E-state index in [2.05, 4.69) is 16.0 Å². The number of hydrogen-bond donors (Lipinski definition) is 0. The van der Waals surface area contributed by atoms with Crippen molar-refractivity contribution in [1.82, 2.24) is 14.3 Å². The van der Waals surface area contributed by atoms with E-state index in [4.69, 9.17) is 0 Å². The van der Waals surface area contributed by atoms with E-state index in [1.807, 2.05) is 31.3 Å². The first-order chi connectivity index (χ1) is 9.74. The quantitative estimate of drug-likeness (QED) is 0.861. The molecule has 1 fully saturated rings. The first-order valence-corrected chi connectivity index (χ1v) is 7.44. The molecule has 2 heterocycles. The van der Waals surface area contributed by atoms with Gasteiger partial charge in [-0.25, -0.2) is 0 Å². The van der Waals surface area contributed by atoms with Crippen LogP contribution in [0.5, 0.6) is 0 Å². The summed E-state index contributed by atoms with van der Waals surface area (Å²) in [5.41, 5.74) is 1.81. The van der Waals surface area contributed by atoms with Gasteiger partial charge in [0, 0.05) is 18.0 Å². The largest absolute Gasteiger partial charge is 0.309 e. The number of aromatic nitrogens is 3. The summed E-state index contributed by atoms with van der Waals surface area (Å²) in [7, 11) is 0. The van der Waals surface area contributed by atoms with Crippen molar-refractivity contribution in [3.05, 3.63) is 52.2 Å². The Labute approximate surface area is 119 Å². The van der Waals surface area contributed by atoms with Gasteiger partial charge in [0.15, 0.2) is 0 Å². The lowest BCUT2D eigenvalue weighted by Gasteiger charge is -2.21. The van der Waals surface area contributed by atoms with Gasteiger partial charge in [0.05, 0.1) is 18.3 Å². The Bertz CT molecular complexity index is 635. The molecule has 1 aliphatic carbocycles. The van der Waals surface area contributed by atoms with Crippen molar-refractivity contribution in [1.29, 1.82) is 0 Å². The molecular formula is C16H21N3O. The SMILES string of the molecule is Cc1cccn(Cc2ccn(C3CCCCC3)n2)c1=O. The van der Waals surface area contributed by atoms with Crippen molar-refractivity contribution in [2.75, 3.05) is 0 Å². The van der Waals surface area contributed by atoms with Crippen LogP contribution in [0.3, 0.4) is 0 Å². The Morgan fingerprint density at radius 3 is 2.80 bits per heavy atom. The molecule has 3 rings (SSSR count). The number of aryl methyl sites for hydroxylation is 1. The number of pyridine rings is 1. The van der Waals surface area contributed by atoms with Gasteiger partial charge >= 0.3 is 0 Å². The molecule has 0 radical (unpaired) electrons. The Kier molecular flexibility index (Phi) is 3.72. The second-order valence-corrected chi connectivity index (χ2v) is 5.70. The van der Waals surface area contributed by atoms with Crippen LogP contribution in [0, 0.1) is 6.92 Å². The molecule has 1 saturated carbocycles. The average molecular weight is 271 g/mol. The van der Waals surface area contributed by atoms with E-state index in [9.17, 15) is 4.79 Å². The monoisotopic (exact) mass is 271 g/mol. The van der Waals surface area contributed by atoms with Crippen LogP contribution in [0.2, 0.25) is 0 Å². The predicted octanol–water partition coefficient (Wildman–Crippen LogP) is 2.91. The number of hydrogen-bond acceptors (Lipinski definition) is 2. The highest BCUT2D eigenvalue weighted by atomic mass is 16.1. The van der Waals surface area contributed by atoms with E-state index in [0.717, 1.165) is 11.3 Å². The molecule has 0 saturated heterocycles. The van der Waals surface area contributed by atoms with E-state index in [1.54, 1.807) is 4.57 Å². The van der Waals surface area contributed by atoms with Gasteiger partial charge in [0.25, 0.3) is 5.56 Å². The zero-order chi connectivity index (χ0) is 13.9. The maximum absolute atomic E-state index is 12.0. The van der Waals surface area contributed by atoms with Crippen LogP contribution in [0.1, 0.15) is 49.4 Å². The fourth-order valence-corrected chi connectivity index (χ4v) is 2.97. The lowest BCUT2D eigenvalue weighted by molar-refractivity contribution is 0.328. The van der Waals surface area contributed by atoms with Crippen molar-refractivity contribution in [2.24, 2.45) is 0 Å². The molecule has 0 amide bonds. The van der Waals surface area contributed by atoms with Crippen molar-refractivity contribution in [2.45, 2.75) is 51.6 Å². The van der Waals surface area contributed by atoms with Crippen molar-refractivity contribution in [3.8, 4) is 0 Å². The van der Waals surface area contributed by atoms with Crippen LogP contribution >= 0.6 is 0 Å². The minimum atomic E-state index is 0.0692. The molecular weight excluding hydrogens is 250 g/mol. The van der Waals surface area contributed by atoms with E-state index in [0.29, 0.717) is 12.6 Å². The first-order valence-electron chi connectivity index (χ1n) is 7.44. The minimum Gasteiger partial charge on any atom is -0.309 e. The molecule has 20 heavy (non-hydrogen) atoms. The third-order valence-electron chi connectivity index (χ3n) is 4.16. The van der Waals surface area contributed by atoms with E-state index < -0.39 is 0 Å². The Morgan fingerprint density at radius 2 is 2.00 bits per heavy atom. The molecule has 2 aromatic heterocycles. The van der Waals surface area contributed by atoms with Gasteiger partial charge in [-0.3, -0.25) is 9.48 Å².